The minimum atomic E-state index is -0.778. The van der Waals surface area contributed by atoms with E-state index in [1.807, 2.05) is 19.6 Å². The van der Waals surface area contributed by atoms with Gasteiger partial charge in [0.1, 0.15) is 0 Å². The van der Waals surface area contributed by atoms with Crippen LogP contribution >= 0.6 is 0 Å². The first kappa shape index (κ1) is 43.2. The van der Waals surface area contributed by atoms with Gasteiger partial charge in [0.2, 0.25) is 0 Å². The van der Waals surface area contributed by atoms with Gasteiger partial charge in [-0.15, -0.1) is 0 Å². The molecule has 4 aliphatic heterocycles. The Hall–Kier alpha value is -1.92. The van der Waals surface area contributed by atoms with Gasteiger partial charge in [0.15, 0.2) is 0 Å². The minimum Gasteiger partial charge on any atom is -0.480 e. The molecule has 4 rings (SSSR count). The van der Waals surface area contributed by atoms with E-state index < -0.39 is 23.9 Å². The summed E-state index contributed by atoms with van der Waals surface area (Å²) in [6, 6.07) is 0. The molecule has 4 N–H and O–H groups in total. The molecule has 0 amide bonds. The molecule has 287 valence electrons. The minimum absolute atomic E-state index is 0. The average Bonchev–Trinajstić information content (AvgIpc) is 3.08. The fraction of sp³-hybridized carbons (Fsp3) is 0.875. The van der Waals surface area contributed by atoms with Crippen LogP contribution in [0.25, 0.3) is 0 Å². The summed E-state index contributed by atoms with van der Waals surface area (Å²) in [5.41, 5.74) is 0. The molecule has 0 aliphatic carbocycles. The van der Waals surface area contributed by atoms with E-state index >= 15 is 0 Å². The number of carbonyl (C=O) groups is 4. The fourth-order valence-electron chi connectivity index (χ4n) is 6.96. The van der Waals surface area contributed by atoms with E-state index in [9.17, 15) is 19.2 Å². The third kappa shape index (κ3) is 19.3. The van der Waals surface area contributed by atoms with E-state index in [0.29, 0.717) is 0 Å². The standard InChI is InChI=1S/C17H32N4O4.C15H28N4O4.Cu/c22-16(23)14-20-8-2-6-18-4-1-5-19(11-12-20)7-3-9-21(13-10-18)15-17(24)25;20-14(21)12-18-8-4-16-2-1-3-17(6-10-18)7-11-19(9-5-16)13-15(22)23;/h1-15H2,(H,22,23)(H,24,25);1-13H2,(H,20,21)(H,22,23);. The first-order valence-electron chi connectivity index (χ1n) is 17.7. The number of nitrogens with zero attached hydrogens (tertiary/aromatic N) is 8. The van der Waals surface area contributed by atoms with Crippen molar-refractivity contribution < 1.29 is 56.7 Å². The summed E-state index contributed by atoms with van der Waals surface area (Å²) in [4.78, 5) is 61.7. The predicted molar refractivity (Wildman–Crippen MR) is 181 cm³/mol. The summed E-state index contributed by atoms with van der Waals surface area (Å²) >= 11 is 0. The molecular weight excluding hydrogens is 688 g/mol. The number of carboxylic acids is 4. The Balaban J connectivity index is 0.000000334. The van der Waals surface area contributed by atoms with Crippen molar-refractivity contribution in [2.45, 2.75) is 25.7 Å². The number of hydrogen-bond acceptors (Lipinski definition) is 12. The molecule has 49 heavy (non-hydrogen) atoms. The van der Waals surface area contributed by atoms with Gasteiger partial charge >= 0.3 is 23.9 Å². The first-order chi connectivity index (χ1) is 23.0. The zero-order chi connectivity index (χ0) is 34.7. The van der Waals surface area contributed by atoms with E-state index in [1.54, 1.807) is 0 Å². The fourth-order valence-corrected chi connectivity index (χ4v) is 6.96. The Morgan fingerprint density at radius 1 is 0.306 bits per heavy atom. The molecule has 0 aromatic rings. The summed E-state index contributed by atoms with van der Waals surface area (Å²) in [6.07, 6.45) is 4.12. The normalized spacial score (nSPS) is 27.8. The van der Waals surface area contributed by atoms with E-state index in [1.165, 1.54) is 0 Å². The van der Waals surface area contributed by atoms with E-state index in [2.05, 4.69) is 19.6 Å². The van der Waals surface area contributed by atoms with E-state index in [0.717, 1.165) is 157 Å². The second kappa shape index (κ2) is 24.3. The summed E-state index contributed by atoms with van der Waals surface area (Å²) in [5, 5.41) is 36.3. The molecule has 4 aliphatic rings. The van der Waals surface area contributed by atoms with Gasteiger partial charge in [-0.1, -0.05) is 0 Å². The van der Waals surface area contributed by atoms with Crippen LogP contribution in [-0.2, 0) is 36.2 Å². The number of carboxylic acid groups (broad SMARTS) is 4. The van der Waals surface area contributed by atoms with Crippen LogP contribution in [0.2, 0.25) is 0 Å². The SMILES string of the molecule is O=C(O)CN1CCCN2CCCN(CCCN(CC(=O)O)CC2)CC1.O=C(O)CN1CCN2CCCN(CC1)CCN(CC(=O)O)CC2.[Cu]. The molecule has 16 nitrogen and oxygen atoms in total. The number of fused-ring (bicyclic) bond motifs is 8. The molecule has 4 saturated heterocycles. The molecule has 0 saturated carbocycles. The van der Waals surface area contributed by atoms with Crippen LogP contribution in [0, 0.1) is 0 Å². The van der Waals surface area contributed by atoms with E-state index in [4.69, 9.17) is 20.4 Å². The third-order valence-corrected chi connectivity index (χ3v) is 9.62. The second-order valence-corrected chi connectivity index (χ2v) is 13.5. The molecule has 2 atom stereocenters. The van der Waals surface area contributed by atoms with Crippen LogP contribution in [0.1, 0.15) is 25.7 Å². The topological polar surface area (TPSA) is 175 Å². The van der Waals surface area contributed by atoms with Crippen LogP contribution in [0.3, 0.4) is 0 Å². The van der Waals surface area contributed by atoms with Crippen molar-refractivity contribution in [2.75, 3.05) is 157 Å². The Kier molecular flexibility index (Phi) is 21.4. The summed E-state index contributed by atoms with van der Waals surface area (Å²) in [7, 11) is 0. The Morgan fingerprint density at radius 3 is 0.714 bits per heavy atom. The van der Waals surface area contributed by atoms with Crippen molar-refractivity contribution in [1.29, 1.82) is 0 Å². The third-order valence-electron chi connectivity index (χ3n) is 9.62. The molecule has 0 spiro atoms. The molecule has 2 unspecified atom stereocenters. The number of hydrogen-bond donors (Lipinski definition) is 4. The maximum Gasteiger partial charge on any atom is 0.317 e. The summed E-state index contributed by atoms with van der Waals surface area (Å²) in [6.45, 7) is 17.6. The second-order valence-electron chi connectivity index (χ2n) is 13.5. The Morgan fingerprint density at radius 2 is 0.490 bits per heavy atom. The maximum atomic E-state index is 11.1. The van der Waals surface area contributed by atoms with Gasteiger partial charge in [0.25, 0.3) is 0 Å². The average molecular weight is 748 g/mol. The van der Waals surface area contributed by atoms with Crippen LogP contribution in [0.5, 0.6) is 0 Å². The van der Waals surface area contributed by atoms with Crippen LogP contribution in [-0.4, -0.2) is 241 Å². The molecule has 0 aromatic carbocycles. The zero-order valence-corrected chi connectivity index (χ0v) is 30.0. The van der Waals surface area contributed by atoms with Crippen LogP contribution in [0.15, 0.2) is 0 Å². The molecule has 4 fully saturated rings. The van der Waals surface area contributed by atoms with Crippen molar-refractivity contribution >= 4 is 23.9 Å². The summed E-state index contributed by atoms with van der Waals surface area (Å²) in [5.74, 6) is -3.08. The largest absolute Gasteiger partial charge is 0.480 e. The van der Waals surface area contributed by atoms with Gasteiger partial charge in [-0.2, -0.15) is 0 Å². The molecule has 0 aromatic heterocycles. The van der Waals surface area contributed by atoms with Crippen molar-refractivity contribution in [2.24, 2.45) is 0 Å². The molecular formula is C32H60CuN8O8. The van der Waals surface area contributed by atoms with Crippen LogP contribution in [0.4, 0.5) is 0 Å². The van der Waals surface area contributed by atoms with E-state index in [-0.39, 0.29) is 43.2 Å². The summed E-state index contributed by atoms with van der Waals surface area (Å²) < 4.78 is 0. The van der Waals surface area contributed by atoms with Crippen molar-refractivity contribution in [3.8, 4) is 0 Å². The number of rotatable bonds is 8. The van der Waals surface area contributed by atoms with Gasteiger partial charge in [-0.3, -0.25) is 38.8 Å². The maximum absolute atomic E-state index is 11.1. The van der Waals surface area contributed by atoms with Gasteiger partial charge < -0.3 is 40.0 Å². The first-order valence-corrected chi connectivity index (χ1v) is 17.7. The van der Waals surface area contributed by atoms with Gasteiger partial charge in [-0.25, -0.2) is 0 Å². The Bertz CT molecular complexity index is 911. The Labute approximate surface area is 302 Å². The quantitative estimate of drug-likeness (QED) is 0.208. The van der Waals surface area contributed by atoms with Gasteiger partial charge in [0, 0.05) is 109 Å². The van der Waals surface area contributed by atoms with Crippen molar-refractivity contribution in [3.63, 3.8) is 0 Å². The molecule has 4 bridgehead atoms. The van der Waals surface area contributed by atoms with Crippen molar-refractivity contribution in [1.82, 2.24) is 39.2 Å². The predicted octanol–water partition coefficient (Wildman–Crippen LogP) is -1.66. The number of aliphatic carboxylic acids is 4. The zero-order valence-electron chi connectivity index (χ0n) is 29.1. The van der Waals surface area contributed by atoms with Crippen molar-refractivity contribution in [3.05, 3.63) is 0 Å². The monoisotopic (exact) mass is 747 g/mol. The van der Waals surface area contributed by atoms with Gasteiger partial charge in [-0.05, 0) is 65.0 Å². The molecule has 1 radical (unpaired) electrons. The molecule has 4 heterocycles. The smallest absolute Gasteiger partial charge is 0.317 e. The van der Waals surface area contributed by atoms with Crippen LogP contribution < -0.4 is 0 Å². The molecule has 17 heteroatoms. The van der Waals surface area contributed by atoms with Gasteiger partial charge in [0.05, 0.1) is 26.2 Å².